The Bertz CT molecular complexity index is 190. The maximum atomic E-state index is 10.7. The van der Waals surface area contributed by atoms with Crippen molar-refractivity contribution in [2.75, 3.05) is 0 Å². The first kappa shape index (κ1) is 10.2. The number of ether oxygens (including phenoxy) is 1. The molecule has 2 atom stereocenters. The Labute approximate surface area is 76.9 Å². The molecule has 1 rings (SSSR count). The maximum Gasteiger partial charge on any atom is 0.305 e. The van der Waals surface area contributed by atoms with Gasteiger partial charge in [-0.05, 0) is 19.8 Å². The highest BCUT2D eigenvalue weighted by Crippen LogP contribution is 2.24. The molecule has 0 saturated carbocycles. The summed E-state index contributed by atoms with van der Waals surface area (Å²) in [4.78, 5) is 21.1. The monoisotopic (exact) mass is 186 g/mol. The maximum absolute atomic E-state index is 10.7. The van der Waals surface area contributed by atoms with Gasteiger partial charge in [0.25, 0.3) is 0 Å². The quantitative estimate of drug-likeness (QED) is 0.711. The van der Waals surface area contributed by atoms with Crippen LogP contribution in [-0.2, 0) is 14.3 Å². The van der Waals surface area contributed by atoms with E-state index in [1.165, 1.54) is 6.92 Å². The van der Waals surface area contributed by atoms with Gasteiger partial charge in [0, 0.05) is 6.42 Å². The summed E-state index contributed by atoms with van der Waals surface area (Å²) in [7, 11) is 0. The Kier molecular flexibility index (Phi) is 3.42. The SMILES string of the molecule is CC(=O)CC1CCC(CC(=O)O)O1. The molecule has 2 unspecified atom stereocenters. The number of carbonyl (C=O) groups excluding carboxylic acids is 1. The predicted molar refractivity (Wildman–Crippen MR) is 45.4 cm³/mol. The van der Waals surface area contributed by atoms with Crippen molar-refractivity contribution >= 4 is 11.8 Å². The number of hydrogen-bond acceptors (Lipinski definition) is 3. The van der Waals surface area contributed by atoms with Crippen LogP contribution in [0.4, 0.5) is 0 Å². The van der Waals surface area contributed by atoms with Crippen molar-refractivity contribution in [2.24, 2.45) is 0 Å². The summed E-state index contributed by atoms with van der Waals surface area (Å²) in [5.74, 6) is -0.741. The first-order chi connectivity index (χ1) is 6.08. The van der Waals surface area contributed by atoms with Crippen LogP contribution in [0.2, 0.25) is 0 Å². The van der Waals surface area contributed by atoms with Crippen molar-refractivity contribution in [3.8, 4) is 0 Å². The number of rotatable bonds is 4. The number of carboxylic acid groups (broad SMARTS) is 1. The van der Waals surface area contributed by atoms with E-state index in [2.05, 4.69) is 0 Å². The van der Waals surface area contributed by atoms with Crippen LogP contribution in [0.1, 0.15) is 32.6 Å². The molecular formula is C9H14O4. The summed E-state index contributed by atoms with van der Waals surface area (Å²) in [5.41, 5.74) is 0. The van der Waals surface area contributed by atoms with E-state index in [-0.39, 0.29) is 24.4 Å². The molecule has 0 radical (unpaired) electrons. The van der Waals surface area contributed by atoms with E-state index in [0.29, 0.717) is 6.42 Å². The van der Waals surface area contributed by atoms with Crippen LogP contribution >= 0.6 is 0 Å². The highest BCUT2D eigenvalue weighted by Gasteiger charge is 2.27. The highest BCUT2D eigenvalue weighted by atomic mass is 16.5. The van der Waals surface area contributed by atoms with Crippen molar-refractivity contribution in [1.29, 1.82) is 0 Å². The third-order valence-corrected chi connectivity index (χ3v) is 2.11. The Balaban J connectivity index is 2.27. The number of hydrogen-bond donors (Lipinski definition) is 1. The average molecular weight is 186 g/mol. The highest BCUT2D eigenvalue weighted by molar-refractivity contribution is 5.76. The topological polar surface area (TPSA) is 63.6 Å². The van der Waals surface area contributed by atoms with Crippen LogP contribution in [0, 0.1) is 0 Å². The van der Waals surface area contributed by atoms with Gasteiger partial charge >= 0.3 is 5.97 Å². The number of aliphatic carboxylic acids is 1. The number of ketones is 1. The second-order valence-electron chi connectivity index (χ2n) is 3.46. The molecule has 1 heterocycles. The minimum atomic E-state index is -0.839. The van der Waals surface area contributed by atoms with E-state index in [1.54, 1.807) is 0 Å². The lowest BCUT2D eigenvalue weighted by atomic mass is 10.1. The normalized spacial score (nSPS) is 27.5. The summed E-state index contributed by atoms with van der Waals surface area (Å²) in [6.07, 6.45) is 1.77. The van der Waals surface area contributed by atoms with Crippen molar-refractivity contribution in [3.63, 3.8) is 0 Å². The van der Waals surface area contributed by atoms with Gasteiger partial charge in [-0.2, -0.15) is 0 Å². The van der Waals surface area contributed by atoms with Gasteiger partial charge < -0.3 is 9.84 Å². The number of Topliss-reactive ketones (excluding diaryl/α,β-unsaturated/α-hetero) is 1. The molecule has 0 aromatic carbocycles. The molecule has 13 heavy (non-hydrogen) atoms. The fourth-order valence-corrected chi connectivity index (χ4v) is 1.60. The van der Waals surface area contributed by atoms with Gasteiger partial charge in [0.1, 0.15) is 5.78 Å². The molecule has 0 aromatic rings. The van der Waals surface area contributed by atoms with Gasteiger partial charge in [-0.25, -0.2) is 0 Å². The molecule has 1 aliphatic rings. The molecule has 0 spiro atoms. The van der Waals surface area contributed by atoms with E-state index < -0.39 is 5.97 Å². The molecule has 74 valence electrons. The van der Waals surface area contributed by atoms with Gasteiger partial charge in [-0.3, -0.25) is 9.59 Å². The molecule has 1 saturated heterocycles. The van der Waals surface area contributed by atoms with E-state index in [1.807, 2.05) is 0 Å². The van der Waals surface area contributed by atoms with Crippen LogP contribution in [0.5, 0.6) is 0 Å². The first-order valence-corrected chi connectivity index (χ1v) is 4.44. The number of carboxylic acids is 1. The minimum absolute atomic E-state index is 0.0500. The largest absolute Gasteiger partial charge is 0.481 e. The van der Waals surface area contributed by atoms with E-state index in [9.17, 15) is 9.59 Å². The van der Waals surface area contributed by atoms with Gasteiger partial charge in [-0.15, -0.1) is 0 Å². The molecule has 4 nitrogen and oxygen atoms in total. The molecule has 0 amide bonds. The number of carbonyl (C=O) groups is 2. The minimum Gasteiger partial charge on any atom is -0.481 e. The predicted octanol–water partition coefficient (Wildman–Crippen LogP) is 0.988. The molecule has 1 aliphatic heterocycles. The molecule has 4 heteroatoms. The fourth-order valence-electron chi connectivity index (χ4n) is 1.60. The molecule has 0 aromatic heterocycles. The Hall–Kier alpha value is -0.900. The van der Waals surface area contributed by atoms with Crippen LogP contribution in [0.25, 0.3) is 0 Å². The summed E-state index contributed by atoms with van der Waals surface area (Å²) >= 11 is 0. The second-order valence-corrected chi connectivity index (χ2v) is 3.46. The summed E-state index contributed by atoms with van der Waals surface area (Å²) in [6, 6.07) is 0. The average Bonchev–Trinajstić information content (AvgIpc) is 2.33. The first-order valence-electron chi connectivity index (χ1n) is 4.44. The lowest BCUT2D eigenvalue weighted by molar-refractivity contribution is -0.140. The Morgan fingerprint density at radius 1 is 1.31 bits per heavy atom. The van der Waals surface area contributed by atoms with Crippen LogP contribution in [0.3, 0.4) is 0 Å². The van der Waals surface area contributed by atoms with Crippen molar-refractivity contribution in [1.82, 2.24) is 0 Å². The standard InChI is InChI=1S/C9H14O4/c1-6(10)4-7-2-3-8(13-7)5-9(11)12/h7-8H,2-5H2,1H3,(H,11,12). The van der Waals surface area contributed by atoms with E-state index in [4.69, 9.17) is 9.84 Å². The molecule has 0 bridgehead atoms. The third-order valence-electron chi connectivity index (χ3n) is 2.11. The van der Waals surface area contributed by atoms with Gasteiger partial charge in [0.2, 0.25) is 0 Å². The molecule has 1 N–H and O–H groups in total. The smallest absolute Gasteiger partial charge is 0.305 e. The zero-order valence-corrected chi connectivity index (χ0v) is 7.66. The van der Waals surface area contributed by atoms with Gasteiger partial charge in [0.15, 0.2) is 0 Å². The van der Waals surface area contributed by atoms with E-state index in [0.717, 1.165) is 12.8 Å². The second kappa shape index (κ2) is 4.37. The van der Waals surface area contributed by atoms with Crippen LogP contribution in [0.15, 0.2) is 0 Å². The fraction of sp³-hybridized carbons (Fsp3) is 0.778. The molecule has 1 fully saturated rings. The Morgan fingerprint density at radius 3 is 2.31 bits per heavy atom. The van der Waals surface area contributed by atoms with Crippen LogP contribution < -0.4 is 0 Å². The summed E-state index contributed by atoms with van der Waals surface area (Å²) in [5, 5.41) is 8.50. The van der Waals surface area contributed by atoms with Gasteiger partial charge in [0.05, 0.1) is 18.6 Å². The third kappa shape index (κ3) is 3.55. The summed E-state index contributed by atoms with van der Waals surface area (Å²) < 4.78 is 5.38. The van der Waals surface area contributed by atoms with Crippen molar-refractivity contribution in [2.45, 2.75) is 44.8 Å². The summed E-state index contributed by atoms with van der Waals surface area (Å²) in [6.45, 7) is 1.52. The zero-order chi connectivity index (χ0) is 9.84. The van der Waals surface area contributed by atoms with Gasteiger partial charge in [-0.1, -0.05) is 0 Å². The Morgan fingerprint density at radius 2 is 1.85 bits per heavy atom. The van der Waals surface area contributed by atoms with E-state index >= 15 is 0 Å². The lowest BCUT2D eigenvalue weighted by Crippen LogP contribution is -2.16. The van der Waals surface area contributed by atoms with Crippen molar-refractivity contribution in [3.05, 3.63) is 0 Å². The molecular weight excluding hydrogens is 172 g/mol. The molecule has 0 aliphatic carbocycles. The van der Waals surface area contributed by atoms with Crippen LogP contribution in [-0.4, -0.2) is 29.1 Å². The lowest BCUT2D eigenvalue weighted by Gasteiger charge is -2.10. The van der Waals surface area contributed by atoms with Crippen molar-refractivity contribution < 1.29 is 19.4 Å². The zero-order valence-electron chi connectivity index (χ0n) is 7.66.